The number of aryl methyl sites for hydroxylation is 1. The Bertz CT molecular complexity index is 390. The molecule has 4 nitrogen and oxygen atoms in total. The van der Waals surface area contributed by atoms with Crippen LogP contribution in [0.5, 0.6) is 0 Å². The maximum atomic E-state index is 4.60. The zero-order chi connectivity index (χ0) is 14.1. The van der Waals surface area contributed by atoms with Gasteiger partial charge >= 0.3 is 0 Å². The quantitative estimate of drug-likeness (QED) is 0.313. The van der Waals surface area contributed by atoms with E-state index in [0.717, 1.165) is 30.7 Å². The Morgan fingerprint density at radius 3 is 2.70 bits per heavy atom. The third-order valence-electron chi connectivity index (χ3n) is 2.82. The molecule has 0 aliphatic carbocycles. The molecule has 0 aliphatic rings. The van der Waals surface area contributed by atoms with Crippen LogP contribution in [0.15, 0.2) is 10.5 Å². The molecule has 1 aromatic heterocycles. The van der Waals surface area contributed by atoms with Crippen molar-refractivity contribution < 1.29 is 0 Å². The molecule has 0 spiro atoms. The summed E-state index contributed by atoms with van der Waals surface area (Å²) >= 11 is 1.67. The molecule has 1 heterocycles. The predicted molar refractivity (Wildman–Crippen MR) is 99.2 cm³/mol. The van der Waals surface area contributed by atoms with Gasteiger partial charge in [0.05, 0.1) is 17.7 Å². The van der Waals surface area contributed by atoms with E-state index in [0.29, 0.717) is 6.54 Å². The first-order valence-corrected chi connectivity index (χ1v) is 7.92. The molecule has 0 unspecified atom stereocenters. The fourth-order valence-electron chi connectivity index (χ4n) is 1.69. The minimum atomic E-state index is 0. The Kier molecular flexibility index (Phi) is 11.1. The van der Waals surface area contributed by atoms with Gasteiger partial charge in [0, 0.05) is 18.0 Å². The van der Waals surface area contributed by atoms with Crippen molar-refractivity contribution in [3.63, 3.8) is 0 Å². The second-order valence-corrected chi connectivity index (χ2v) is 5.96. The average Bonchev–Trinajstić information content (AvgIpc) is 2.77. The molecule has 0 atom stereocenters. The number of guanidine groups is 1. The summed E-state index contributed by atoms with van der Waals surface area (Å²) in [6, 6.07) is 0. The van der Waals surface area contributed by atoms with Gasteiger partial charge in [-0.1, -0.05) is 13.8 Å². The third-order valence-corrected chi connectivity index (χ3v) is 3.74. The van der Waals surface area contributed by atoms with Crippen molar-refractivity contribution in [2.45, 2.75) is 47.1 Å². The van der Waals surface area contributed by atoms with Crippen LogP contribution in [0.4, 0.5) is 0 Å². The fourth-order valence-corrected chi connectivity index (χ4v) is 2.39. The number of hydrogen-bond acceptors (Lipinski definition) is 3. The molecular weight excluding hydrogens is 383 g/mol. The summed E-state index contributed by atoms with van der Waals surface area (Å²) < 4.78 is 0. The van der Waals surface area contributed by atoms with Gasteiger partial charge < -0.3 is 10.6 Å². The van der Waals surface area contributed by atoms with Crippen LogP contribution in [-0.4, -0.2) is 24.0 Å². The lowest BCUT2D eigenvalue weighted by Crippen LogP contribution is -2.37. The van der Waals surface area contributed by atoms with Crippen LogP contribution in [0.2, 0.25) is 0 Å². The Balaban J connectivity index is 0.00000361. The first-order valence-electron chi connectivity index (χ1n) is 7.04. The van der Waals surface area contributed by atoms with Gasteiger partial charge in [-0.3, -0.25) is 0 Å². The van der Waals surface area contributed by atoms with E-state index in [4.69, 9.17) is 0 Å². The van der Waals surface area contributed by atoms with Crippen LogP contribution in [-0.2, 0) is 6.54 Å². The topological polar surface area (TPSA) is 49.3 Å². The average molecular weight is 410 g/mol. The predicted octanol–water partition coefficient (Wildman–Crippen LogP) is 3.56. The van der Waals surface area contributed by atoms with Gasteiger partial charge in [-0.2, -0.15) is 0 Å². The fraction of sp³-hybridized carbons (Fsp3) is 0.714. The van der Waals surface area contributed by atoms with Crippen molar-refractivity contribution in [3.8, 4) is 0 Å². The molecule has 20 heavy (non-hydrogen) atoms. The van der Waals surface area contributed by atoms with E-state index in [-0.39, 0.29) is 24.0 Å². The molecule has 116 valence electrons. The Morgan fingerprint density at radius 1 is 1.40 bits per heavy atom. The van der Waals surface area contributed by atoms with Gasteiger partial charge in [0.2, 0.25) is 0 Å². The molecule has 0 fully saturated rings. The summed E-state index contributed by atoms with van der Waals surface area (Å²) in [7, 11) is 0. The summed E-state index contributed by atoms with van der Waals surface area (Å²) in [5, 5.41) is 6.66. The molecule has 0 aliphatic heterocycles. The molecule has 1 rings (SSSR count). The van der Waals surface area contributed by atoms with E-state index in [1.54, 1.807) is 11.3 Å². The summed E-state index contributed by atoms with van der Waals surface area (Å²) in [5.74, 6) is 1.67. The molecule has 0 saturated heterocycles. The zero-order valence-corrected chi connectivity index (χ0v) is 16.0. The highest BCUT2D eigenvalue weighted by Crippen LogP contribution is 2.12. The highest BCUT2D eigenvalue weighted by atomic mass is 127. The molecule has 1 aromatic rings. The second kappa shape index (κ2) is 11.3. The summed E-state index contributed by atoms with van der Waals surface area (Å²) in [5.41, 5.74) is 2.97. The third kappa shape index (κ3) is 8.04. The highest BCUT2D eigenvalue weighted by molar-refractivity contribution is 14.0. The number of nitrogens with zero attached hydrogens (tertiary/aromatic N) is 2. The lowest BCUT2D eigenvalue weighted by atomic mass is 10.1. The van der Waals surface area contributed by atoms with E-state index in [2.05, 4.69) is 41.4 Å². The Morgan fingerprint density at radius 2 is 2.15 bits per heavy atom. The number of thiazole rings is 1. The van der Waals surface area contributed by atoms with Gasteiger partial charge in [0.15, 0.2) is 5.96 Å². The van der Waals surface area contributed by atoms with Gasteiger partial charge in [-0.15, -0.1) is 35.3 Å². The minimum Gasteiger partial charge on any atom is -0.357 e. The summed E-state index contributed by atoms with van der Waals surface area (Å²) in [4.78, 5) is 10.1. The largest absolute Gasteiger partial charge is 0.357 e. The standard InChI is InChI=1S/C14H26N4S.HI/c1-5-15-14(16-8-6-7-11(2)3)17-9-13-12(4)18-10-19-13;/h10-11H,5-9H2,1-4H3,(H2,15,16,17);1H. The number of halogens is 1. The van der Waals surface area contributed by atoms with Crippen molar-refractivity contribution in [3.05, 3.63) is 16.1 Å². The number of aliphatic imine (C=N–C) groups is 1. The van der Waals surface area contributed by atoms with E-state index < -0.39 is 0 Å². The van der Waals surface area contributed by atoms with Crippen molar-refractivity contribution in [2.24, 2.45) is 10.9 Å². The molecule has 0 bridgehead atoms. The normalized spacial score (nSPS) is 11.3. The van der Waals surface area contributed by atoms with Gasteiger partial charge in [0.25, 0.3) is 0 Å². The number of hydrogen-bond donors (Lipinski definition) is 2. The Labute approximate surface area is 143 Å². The van der Waals surface area contributed by atoms with Crippen LogP contribution in [0.1, 0.15) is 44.2 Å². The van der Waals surface area contributed by atoms with Crippen molar-refractivity contribution in [2.75, 3.05) is 13.1 Å². The molecule has 2 N–H and O–H groups in total. The number of nitrogens with one attached hydrogen (secondary N) is 2. The molecule has 0 aromatic carbocycles. The van der Waals surface area contributed by atoms with E-state index in [9.17, 15) is 0 Å². The number of rotatable bonds is 7. The van der Waals surface area contributed by atoms with Crippen LogP contribution in [0.25, 0.3) is 0 Å². The SMILES string of the molecule is CCNC(=NCc1scnc1C)NCCCC(C)C.I. The maximum Gasteiger partial charge on any atom is 0.191 e. The van der Waals surface area contributed by atoms with Crippen LogP contribution in [0, 0.1) is 12.8 Å². The molecule has 0 radical (unpaired) electrons. The van der Waals surface area contributed by atoms with Crippen LogP contribution >= 0.6 is 35.3 Å². The monoisotopic (exact) mass is 410 g/mol. The summed E-state index contributed by atoms with van der Waals surface area (Å²) in [6.07, 6.45) is 2.43. The first kappa shape index (κ1) is 19.6. The smallest absolute Gasteiger partial charge is 0.191 e. The number of aromatic nitrogens is 1. The lowest BCUT2D eigenvalue weighted by molar-refractivity contribution is 0.549. The van der Waals surface area contributed by atoms with Crippen LogP contribution < -0.4 is 10.6 Å². The lowest BCUT2D eigenvalue weighted by Gasteiger charge is -2.11. The van der Waals surface area contributed by atoms with Gasteiger partial charge in [-0.05, 0) is 32.6 Å². The van der Waals surface area contributed by atoms with Crippen molar-refractivity contribution in [1.82, 2.24) is 15.6 Å². The van der Waals surface area contributed by atoms with Gasteiger partial charge in [-0.25, -0.2) is 9.98 Å². The zero-order valence-electron chi connectivity index (χ0n) is 12.9. The second-order valence-electron chi connectivity index (χ2n) is 5.02. The van der Waals surface area contributed by atoms with Crippen LogP contribution in [0.3, 0.4) is 0 Å². The first-order chi connectivity index (χ1) is 9.13. The minimum absolute atomic E-state index is 0. The molecule has 0 saturated carbocycles. The van der Waals surface area contributed by atoms with Crippen molar-refractivity contribution >= 4 is 41.3 Å². The highest BCUT2D eigenvalue weighted by Gasteiger charge is 2.02. The van der Waals surface area contributed by atoms with E-state index in [1.807, 2.05) is 12.4 Å². The summed E-state index contributed by atoms with van der Waals surface area (Å²) in [6.45, 7) is 11.2. The molecular formula is C14H27IN4S. The van der Waals surface area contributed by atoms with E-state index >= 15 is 0 Å². The Hall–Kier alpha value is -0.370. The van der Waals surface area contributed by atoms with E-state index in [1.165, 1.54) is 17.7 Å². The molecule has 6 heteroatoms. The molecule has 0 amide bonds. The maximum absolute atomic E-state index is 4.60. The van der Waals surface area contributed by atoms with Gasteiger partial charge in [0.1, 0.15) is 0 Å². The van der Waals surface area contributed by atoms with Crippen molar-refractivity contribution in [1.29, 1.82) is 0 Å².